The van der Waals surface area contributed by atoms with E-state index < -0.39 is 0 Å². The first-order valence-corrected chi connectivity index (χ1v) is 9.29. The van der Waals surface area contributed by atoms with E-state index in [-0.39, 0.29) is 5.91 Å². The lowest BCUT2D eigenvalue weighted by atomic mass is 10.2. The van der Waals surface area contributed by atoms with Crippen LogP contribution in [0.25, 0.3) is 11.5 Å². The Balaban J connectivity index is 1.50. The molecule has 3 aromatic heterocycles. The summed E-state index contributed by atoms with van der Waals surface area (Å²) in [6, 6.07) is 7.68. The maximum Gasteiger partial charge on any atom is 0.264 e. The SMILES string of the molecule is Cc1nnc(-c2cccnc2N2CCN(C(=O)c3ccc(C)s3)CC2)o1. The van der Waals surface area contributed by atoms with E-state index in [9.17, 15) is 4.79 Å². The summed E-state index contributed by atoms with van der Waals surface area (Å²) in [7, 11) is 0. The molecule has 0 unspecified atom stereocenters. The van der Waals surface area contributed by atoms with Crippen LogP contribution in [0.1, 0.15) is 20.4 Å². The Morgan fingerprint density at radius 3 is 2.58 bits per heavy atom. The number of hydrogen-bond donors (Lipinski definition) is 0. The number of amides is 1. The average molecular weight is 369 g/mol. The van der Waals surface area contributed by atoms with Gasteiger partial charge < -0.3 is 14.2 Å². The van der Waals surface area contributed by atoms with Crippen molar-refractivity contribution >= 4 is 23.1 Å². The molecular weight excluding hydrogens is 350 g/mol. The Morgan fingerprint density at radius 1 is 1.12 bits per heavy atom. The number of aromatic nitrogens is 3. The fraction of sp³-hybridized carbons (Fsp3) is 0.333. The number of hydrogen-bond acceptors (Lipinski definition) is 7. The standard InChI is InChI=1S/C18H19N5O2S/c1-12-5-6-15(26-12)18(24)23-10-8-22(9-11-23)16-14(4-3-7-19-16)17-21-20-13(2)25-17/h3-7H,8-11H2,1-2H3. The number of anilines is 1. The van der Waals surface area contributed by atoms with E-state index in [1.54, 1.807) is 24.5 Å². The zero-order chi connectivity index (χ0) is 18.1. The quantitative estimate of drug-likeness (QED) is 0.707. The fourth-order valence-corrected chi connectivity index (χ4v) is 3.88. The average Bonchev–Trinajstić information content (AvgIpc) is 3.30. The fourth-order valence-electron chi connectivity index (χ4n) is 3.05. The molecule has 1 amide bonds. The highest BCUT2D eigenvalue weighted by atomic mass is 32.1. The molecule has 0 N–H and O–H groups in total. The van der Waals surface area contributed by atoms with Crippen molar-refractivity contribution in [1.82, 2.24) is 20.1 Å². The lowest BCUT2D eigenvalue weighted by molar-refractivity contribution is 0.0751. The van der Waals surface area contributed by atoms with Gasteiger partial charge in [0.15, 0.2) is 0 Å². The first kappa shape index (κ1) is 16.7. The monoisotopic (exact) mass is 369 g/mol. The minimum absolute atomic E-state index is 0.108. The van der Waals surface area contributed by atoms with Gasteiger partial charge in [-0.1, -0.05) is 0 Å². The van der Waals surface area contributed by atoms with Crippen LogP contribution < -0.4 is 4.90 Å². The Bertz CT molecular complexity index is 927. The van der Waals surface area contributed by atoms with Gasteiger partial charge in [-0.3, -0.25) is 4.79 Å². The van der Waals surface area contributed by atoms with Gasteiger partial charge in [0, 0.05) is 44.2 Å². The summed E-state index contributed by atoms with van der Waals surface area (Å²) in [5.41, 5.74) is 0.821. The molecule has 0 saturated carbocycles. The first-order valence-electron chi connectivity index (χ1n) is 8.48. The third-order valence-corrected chi connectivity index (χ3v) is 5.35. The second-order valence-corrected chi connectivity index (χ2v) is 7.48. The van der Waals surface area contributed by atoms with Crippen molar-refractivity contribution in [3.05, 3.63) is 46.1 Å². The minimum Gasteiger partial charge on any atom is -0.421 e. The Hall–Kier alpha value is -2.74. The molecule has 0 aromatic carbocycles. The second-order valence-electron chi connectivity index (χ2n) is 6.19. The van der Waals surface area contributed by atoms with Gasteiger partial charge >= 0.3 is 0 Å². The molecule has 4 heterocycles. The lowest BCUT2D eigenvalue weighted by Gasteiger charge is -2.35. The third-order valence-electron chi connectivity index (χ3n) is 4.36. The third kappa shape index (κ3) is 3.20. The van der Waals surface area contributed by atoms with E-state index in [1.165, 1.54) is 0 Å². The maximum atomic E-state index is 12.6. The van der Waals surface area contributed by atoms with Crippen molar-refractivity contribution in [2.24, 2.45) is 0 Å². The number of aryl methyl sites for hydroxylation is 2. The van der Waals surface area contributed by atoms with Crippen LogP contribution in [0.5, 0.6) is 0 Å². The van der Waals surface area contributed by atoms with E-state index >= 15 is 0 Å². The molecule has 1 saturated heterocycles. The molecule has 1 aliphatic heterocycles. The second kappa shape index (κ2) is 6.87. The summed E-state index contributed by atoms with van der Waals surface area (Å²) in [6.07, 6.45) is 1.76. The Labute approximate surface area is 155 Å². The van der Waals surface area contributed by atoms with Crippen molar-refractivity contribution in [3.63, 3.8) is 0 Å². The highest BCUT2D eigenvalue weighted by Gasteiger charge is 2.26. The van der Waals surface area contributed by atoms with E-state index in [2.05, 4.69) is 20.1 Å². The van der Waals surface area contributed by atoms with Crippen LogP contribution in [0.2, 0.25) is 0 Å². The van der Waals surface area contributed by atoms with Gasteiger partial charge in [-0.2, -0.15) is 0 Å². The first-order chi connectivity index (χ1) is 12.6. The predicted octanol–water partition coefficient (Wildman–Crippen LogP) is 2.77. The number of carbonyl (C=O) groups is 1. The molecular formula is C18H19N5O2S. The molecule has 0 bridgehead atoms. The summed E-state index contributed by atoms with van der Waals surface area (Å²) in [4.78, 5) is 23.2. The molecule has 0 radical (unpaired) electrons. The van der Waals surface area contributed by atoms with Gasteiger partial charge in [-0.15, -0.1) is 21.5 Å². The van der Waals surface area contributed by atoms with Crippen LogP contribution >= 0.6 is 11.3 Å². The molecule has 0 atom stereocenters. The van der Waals surface area contributed by atoms with Crippen molar-refractivity contribution in [1.29, 1.82) is 0 Å². The number of thiophene rings is 1. The van der Waals surface area contributed by atoms with Crippen LogP contribution in [-0.4, -0.2) is 52.2 Å². The van der Waals surface area contributed by atoms with E-state index in [4.69, 9.17) is 4.42 Å². The number of piperazine rings is 1. The topological polar surface area (TPSA) is 75.4 Å². The van der Waals surface area contributed by atoms with Gasteiger partial charge in [0.05, 0.1) is 10.4 Å². The summed E-state index contributed by atoms with van der Waals surface area (Å²) in [5, 5.41) is 8.02. The van der Waals surface area contributed by atoms with Crippen LogP contribution in [0.15, 0.2) is 34.9 Å². The highest BCUT2D eigenvalue weighted by Crippen LogP contribution is 2.28. The number of carbonyl (C=O) groups excluding carboxylic acids is 1. The molecule has 0 aliphatic carbocycles. The van der Waals surface area contributed by atoms with Crippen LogP contribution in [-0.2, 0) is 0 Å². The Morgan fingerprint density at radius 2 is 1.92 bits per heavy atom. The van der Waals surface area contributed by atoms with Gasteiger partial charge in [0.2, 0.25) is 5.89 Å². The molecule has 1 fully saturated rings. The van der Waals surface area contributed by atoms with E-state index in [0.29, 0.717) is 38.0 Å². The molecule has 8 heteroatoms. The smallest absolute Gasteiger partial charge is 0.264 e. The zero-order valence-electron chi connectivity index (χ0n) is 14.7. The molecule has 7 nitrogen and oxygen atoms in total. The van der Waals surface area contributed by atoms with Crippen molar-refractivity contribution < 1.29 is 9.21 Å². The molecule has 4 rings (SSSR count). The molecule has 0 spiro atoms. The van der Waals surface area contributed by atoms with Crippen molar-refractivity contribution in [3.8, 4) is 11.5 Å². The van der Waals surface area contributed by atoms with Gasteiger partial charge in [0.1, 0.15) is 5.82 Å². The zero-order valence-corrected chi connectivity index (χ0v) is 15.5. The summed E-state index contributed by atoms with van der Waals surface area (Å²) in [6.45, 7) is 6.54. The number of pyridine rings is 1. The van der Waals surface area contributed by atoms with Crippen LogP contribution in [0.4, 0.5) is 5.82 Å². The molecule has 3 aromatic rings. The van der Waals surface area contributed by atoms with Gasteiger partial charge in [-0.25, -0.2) is 4.98 Å². The van der Waals surface area contributed by atoms with Crippen molar-refractivity contribution in [2.75, 3.05) is 31.1 Å². The summed E-state index contributed by atoms with van der Waals surface area (Å²) >= 11 is 1.54. The minimum atomic E-state index is 0.108. The lowest BCUT2D eigenvalue weighted by Crippen LogP contribution is -2.49. The van der Waals surface area contributed by atoms with Gasteiger partial charge in [-0.05, 0) is 31.2 Å². The summed E-state index contributed by atoms with van der Waals surface area (Å²) < 4.78 is 5.57. The van der Waals surface area contributed by atoms with Gasteiger partial charge in [0.25, 0.3) is 11.8 Å². The molecule has 26 heavy (non-hydrogen) atoms. The maximum absolute atomic E-state index is 12.6. The van der Waals surface area contributed by atoms with Crippen LogP contribution in [0.3, 0.4) is 0 Å². The number of nitrogens with zero attached hydrogens (tertiary/aromatic N) is 5. The van der Waals surface area contributed by atoms with Crippen molar-refractivity contribution in [2.45, 2.75) is 13.8 Å². The highest BCUT2D eigenvalue weighted by molar-refractivity contribution is 7.13. The largest absolute Gasteiger partial charge is 0.421 e. The van der Waals surface area contributed by atoms with E-state index in [0.717, 1.165) is 21.1 Å². The molecule has 134 valence electrons. The number of rotatable bonds is 3. The molecule has 1 aliphatic rings. The predicted molar refractivity (Wildman–Crippen MR) is 99.4 cm³/mol. The van der Waals surface area contributed by atoms with E-state index in [1.807, 2.05) is 36.1 Å². The van der Waals surface area contributed by atoms with Crippen LogP contribution in [0, 0.1) is 13.8 Å². The normalized spacial score (nSPS) is 14.7. The summed E-state index contributed by atoms with van der Waals surface area (Å²) in [5.74, 6) is 1.92. The Kier molecular flexibility index (Phi) is 4.42.